The summed E-state index contributed by atoms with van der Waals surface area (Å²) in [6.07, 6.45) is -4.53. The minimum absolute atomic E-state index is 0.0901. The monoisotopic (exact) mass is 684 g/mol. The molecular weight excluding hydrogens is 651 g/mol. The van der Waals surface area contributed by atoms with Gasteiger partial charge in [0.25, 0.3) is 3.79 Å². The molecule has 1 fully saturated rings. The molecule has 0 unspecified atom stereocenters. The highest BCUT2D eigenvalue weighted by Gasteiger charge is 2.51. The second-order valence-corrected chi connectivity index (χ2v) is 13.0. The van der Waals surface area contributed by atoms with Gasteiger partial charge in [0, 0.05) is 0 Å². The van der Waals surface area contributed by atoms with Crippen LogP contribution in [0.25, 0.3) is 0 Å². The first-order valence-electron chi connectivity index (χ1n) is 14.9. The summed E-state index contributed by atoms with van der Waals surface area (Å²) < 4.78 is 35.4. The van der Waals surface area contributed by atoms with Crippen LogP contribution in [-0.2, 0) is 59.6 Å². The van der Waals surface area contributed by atoms with E-state index in [1.165, 1.54) is 0 Å². The molecule has 1 saturated heterocycles. The number of carbonyl (C=O) groups is 1. The Bertz CT molecular complexity index is 1460. The van der Waals surface area contributed by atoms with Crippen molar-refractivity contribution in [3.63, 3.8) is 0 Å². The SMILES string of the molecule is O=C(O[C@H]1O[C@H](COCc2ccccc2)[C@@H](OCc2ccccc2)[C@H](OCc2ccccc2)[C@H]1OCc1ccccc1)C(Cl)(Cl)Cl. The lowest BCUT2D eigenvalue weighted by atomic mass is 9.97. The normalized spacial score (nSPS) is 21.5. The number of hydrogen-bond donors (Lipinski definition) is 0. The van der Waals surface area contributed by atoms with Gasteiger partial charge in [0.1, 0.15) is 24.4 Å². The van der Waals surface area contributed by atoms with Crippen molar-refractivity contribution in [3.8, 4) is 0 Å². The van der Waals surface area contributed by atoms with Gasteiger partial charge in [-0.15, -0.1) is 0 Å². The number of benzene rings is 4. The maximum atomic E-state index is 12.9. The van der Waals surface area contributed by atoms with Crippen LogP contribution in [0.2, 0.25) is 0 Å². The van der Waals surface area contributed by atoms with Gasteiger partial charge < -0.3 is 28.4 Å². The second-order valence-electron chi connectivity index (χ2n) is 10.7. The van der Waals surface area contributed by atoms with Gasteiger partial charge in [-0.2, -0.15) is 0 Å². The molecule has 242 valence electrons. The number of ether oxygens (including phenoxy) is 6. The second kappa shape index (κ2) is 17.3. The van der Waals surface area contributed by atoms with Gasteiger partial charge >= 0.3 is 5.97 Å². The fourth-order valence-corrected chi connectivity index (χ4v) is 5.15. The van der Waals surface area contributed by atoms with Crippen molar-refractivity contribution in [3.05, 3.63) is 144 Å². The number of alkyl halides is 3. The zero-order valence-electron chi connectivity index (χ0n) is 25.0. The highest BCUT2D eigenvalue weighted by atomic mass is 35.6. The molecule has 0 saturated carbocycles. The Labute approximate surface area is 284 Å². The Kier molecular flexibility index (Phi) is 12.9. The molecule has 7 nitrogen and oxygen atoms in total. The molecule has 4 aromatic carbocycles. The average molecular weight is 686 g/mol. The smallest absolute Gasteiger partial charge is 0.360 e. The van der Waals surface area contributed by atoms with Gasteiger partial charge in [-0.3, -0.25) is 0 Å². The van der Waals surface area contributed by atoms with Crippen LogP contribution in [0, 0.1) is 0 Å². The summed E-state index contributed by atoms with van der Waals surface area (Å²) in [7, 11) is 0. The van der Waals surface area contributed by atoms with Crippen LogP contribution >= 0.6 is 34.8 Å². The van der Waals surface area contributed by atoms with Crippen molar-refractivity contribution in [1.82, 2.24) is 0 Å². The van der Waals surface area contributed by atoms with E-state index in [9.17, 15) is 4.79 Å². The molecule has 1 aliphatic rings. The lowest BCUT2D eigenvalue weighted by Gasteiger charge is -2.45. The van der Waals surface area contributed by atoms with Gasteiger partial charge in [0.2, 0.25) is 6.29 Å². The minimum atomic E-state index is -2.34. The Morgan fingerprint density at radius 1 is 0.565 bits per heavy atom. The first kappa shape index (κ1) is 34.4. The largest absolute Gasteiger partial charge is 0.430 e. The number of halogens is 3. The van der Waals surface area contributed by atoms with Crippen LogP contribution in [0.1, 0.15) is 22.3 Å². The number of hydrogen-bond acceptors (Lipinski definition) is 7. The standard InChI is InChI=1S/C36H35Cl3O7/c37-36(38,39)35(40)46-34-33(44-24-29-19-11-4-12-20-29)32(43-23-28-17-9-3-10-18-28)31(42-22-27-15-7-2-8-16-27)30(45-34)25-41-21-26-13-5-1-6-14-26/h1-20,30-34H,21-25H2/t30-,31-,32+,33-,34-/m1/s1. The van der Waals surface area contributed by atoms with E-state index >= 15 is 0 Å². The third kappa shape index (κ3) is 10.3. The highest BCUT2D eigenvalue weighted by molar-refractivity contribution is 6.75. The van der Waals surface area contributed by atoms with Crippen molar-refractivity contribution in [1.29, 1.82) is 0 Å². The van der Waals surface area contributed by atoms with Crippen LogP contribution in [-0.4, -0.2) is 47.1 Å². The Morgan fingerprint density at radius 2 is 0.957 bits per heavy atom. The van der Waals surface area contributed by atoms with E-state index < -0.39 is 40.5 Å². The number of esters is 1. The summed E-state index contributed by atoms with van der Waals surface area (Å²) in [6.45, 7) is 1.08. The Morgan fingerprint density at radius 3 is 1.39 bits per heavy atom. The van der Waals surface area contributed by atoms with E-state index in [0.717, 1.165) is 22.3 Å². The summed E-state index contributed by atoms with van der Waals surface area (Å²) in [4.78, 5) is 12.9. The third-order valence-corrected chi connectivity index (χ3v) is 7.76. The zero-order chi connectivity index (χ0) is 32.2. The quantitative estimate of drug-likeness (QED) is 0.100. The summed E-state index contributed by atoms with van der Waals surface area (Å²) in [6, 6.07) is 38.8. The molecule has 5 rings (SSSR count). The number of rotatable bonds is 14. The van der Waals surface area contributed by atoms with E-state index in [1.54, 1.807) is 0 Å². The summed E-state index contributed by atoms with van der Waals surface area (Å²) >= 11 is 17.7. The van der Waals surface area contributed by atoms with E-state index in [2.05, 4.69) is 0 Å². The molecule has 0 amide bonds. The molecule has 46 heavy (non-hydrogen) atoms. The molecule has 10 heteroatoms. The molecule has 1 heterocycles. The van der Waals surface area contributed by atoms with Crippen molar-refractivity contribution < 1.29 is 33.2 Å². The maximum absolute atomic E-state index is 12.9. The van der Waals surface area contributed by atoms with Gasteiger partial charge in [0.15, 0.2) is 0 Å². The summed E-state index contributed by atoms with van der Waals surface area (Å²) in [5.74, 6) is -1.11. The predicted molar refractivity (Wildman–Crippen MR) is 176 cm³/mol. The Hall–Kier alpha value is -2.98. The van der Waals surface area contributed by atoms with Gasteiger partial charge in [-0.1, -0.05) is 156 Å². The van der Waals surface area contributed by atoms with Crippen molar-refractivity contribution in [2.45, 2.75) is 60.9 Å². The molecule has 5 atom stereocenters. The van der Waals surface area contributed by atoms with Crippen molar-refractivity contribution >= 4 is 40.8 Å². The molecule has 0 radical (unpaired) electrons. The molecule has 0 aliphatic carbocycles. The van der Waals surface area contributed by atoms with Crippen molar-refractivity contribution in [2.24, 2.45) is 0 Å². The summed E-state index contributed by atoms with van der Waals surface area (Å²) in [5, 5.41) is 0. The fourth-order valence-electron chi connectivity index (χ4n) is 5.01. The van der Waals surface area contributed by atoms with E-state index in [-0.39, 0.29) is 26.4 Å². The summed E-state index contributed by atoms with van der Waals surface area (Å²) in [5.41, 5.74) is 3.77. The van der Waals surface area contributed by atoms with Crippen LogP contribution in [0.15, 0.2) is 121 Å². The molecule has 0 spiro atoms. The van der Waals surface area contributed by atoms with Crippen molar-refractivity contribution in [2.75, 3.05) is 6.61 Å². The van der Waals surface area contributed by atoms with Gasteiger partial charge in [-0.05, 0) is 22.3 Å². The average Bonchev–Trinajstić information content (AvgIpc) is 3.07. The van der Waals surface area contributed by atoms with Crippen LogP contribution < -0.4 is 0 Å². The molecule has 1 aliphatic heterocycles. The van der Waals surface area contributed by atoms with Crippen LogP contribution in [0.5, 0.6) is 0 Å². The van der Waals surface area contributed by atoms with E-state index in [0.29, 0.717) is 6.61 Å². The maximum Gasteiger partial charge on any atom is 0.360 e. The van der Waals surface area contributed by atoms with Gasteiger partial charge in [-0.25, -0.2) is 4.79 Å². The predicted octanol–water partition coefficient (Wildman–Crippen LogP) is 7.60. The molecular formula is C36H35Cl3O7. The molecule has 0 aromatic heterocycles. The number of carbonyl (C=O) groups excluding carboxylic acids is 1. The minimum Gasteiger partial charge on any atom is -0.430 e. The Balaban J connectivity index is 1.46. The molecule has 0 bridgehead atoms. The lowest BCUT2D eigenvalue weighted by molar-refractivity contribution is -0.320. The first-order chi connectivity index (χ1) is 22.4. The molecule has 4 aromatic rings. The lowest BCUT2D eigenvalue weighted by Crippen LogP contribution is -2.62. The zero-order valence-corrected chi connectivity index (χ0v) is 27.2. The third-order valence-electron chi connectivity index (χ3n) is 7.30. The first-order valence-corrected chi connectivity index (χ1v) is 16.0. The van der Waals surface area contributed by atoms with Crippen LogP contribution in [0.3, 0.4) is 0 Å². The van der Waals surface area contributed by atoms with E-state index in [4.69, 9.17) is 63.2 Å². The van der Waals surface area contributed by atoms with Gasteiger partial charge in [0.05, 0.1) is 33.0 Å². The topological polar surface area (TPSA) is 72.5 Å². The van der Waals surface area contributed by atoms with E-state index in [1.807, 2.05) is 121 Å². The molecule has 0 N–H and O–H groups in total. The fraction of sp³-hybridized carbons (Fsp3) is 0.306. The van der Waals surface area contributed by atoms with Crippen LogP contribution in [0.4, 0.5) is 0 Å². The highest BCUT2D eigenvalue weighted by Crippen LogP contribution is 2.34.